The van der Waals surface area contributed by atoms with Gasteiger partial charge in [0, 0.05) is 29.3 Å². The van der Waals surface area contributed by atoms with E-state index in [1.165, 1.54) is 22.7 Å². The number of hydrogen-bond acceptors (Lipinski definition) is 3. The molecule has 0 bridgehead atoms. The standard InChI is InChI=1S/C21H23N3O2S/c1-15-5-4-6-17(11-15)24-21(26)14-27-13-20(25)22-10-9-16-12-23-19-8-3-2-7-18(16)19/h2-8,11-12,23H,9-10,13-14H2,1H3,(H,22,25)(H,24,26). The number of para-hydroxylation sites is 1. The highest BCUT2D eigenvalue weighted by molar-refractivity contribution is 8.00. The summed E-state index contributed by atoms with van der Waals surface area (Å²) in [4.78, 5) is 27.1. The summed E-state index contributed by atoms with van der Waals surface area (Å²) in [6, 6.07) is 15.8. The van der Waals surface area contributed by atoms with Crippen LogP contribution in [0.15, 0.2) is 54.7 Å². The van der Waals surface area contributed by atoms with E-state index in [2.05, 4.69) is 21.7 Å². The molecule has 27 heavy (non-hydrogen) atoms. The van der Waals surface area contributed by atoms with Crippen LogP contribution < -0.4 is 10.6 Å². The molecule has 0 radical (unpaired) electrons. The molecule has 0 aliphatic carbocycles. The van der Waals surface area contributed by atoms with Crippen molar-refractivity contribution in [2.75, 3.05) is 23.4 Å². The topological polar surface area (TPSA) is 74.0 Å². The Morgan fingerprint density at radius 3 is 2.70 bits per heavy atom. The lowest BCUT2D eigenvalue weighted by Gasteiger charge is -2.07. The number of aryl methyl sites for hydroxylation is 1. The van der Waals surface area contributed by atoms with E-state index in [0.717, 1.165) is 23.2 Å². The van der Waals surface area contributed by atoms with E-state index in [1.807, 2.05) is 55.6 Å². The molecule has 0 spiro atoms. The van der Waals surface area contributed by atoms with Gasteiger partial charge in [0.15, 0.2) is 0 Å². The fraction of sp³-hybridized carbons (Fsp3) is 0.238. The third-order valence-electron chi connectivity index (χ3n) is 4.16. The molecule has 0 fully saturated rings. The number of aromatic nitrogens is 1. The van der Waals surface area contributed by atoms with Crippen molar-refractivity contribution in [2.24, 2.45) is 0 Å². The molecule has 1 aromatic heterocycles. The molecule has 2 aromatic carbocycles. The van der Waals surface area contributed by atoms with Crippen LogP contribution in [0.25, 0.3) is 10.9 Å². The van der Waals surface area contributed by atoms with Gasteiger partial charge >= 0.3 is 0 Å². The van der Waals surface area contributed by atoms with Crippen molar-refractivity contribution < 1.29 is 9.59 Å². The van der Waals surface area contributed by atoms with Gasteiger partial charge in [0.25, 0.3) is 0 Å². The van der Waals surface area contributed by atoms with Crippen LogP contribution in [0.4, 0.5) is 5.69 Å². The van der Waals surface area contributed by atoms with Gasteiger partial charge in [-0.3, -0.25) is 9.59 Å². The van der Waals surface area contributed by atoms with Crippen molar-refractivity contribution in [2.45, 2.75) is 13.3 Å². The van der Waals surface area contributed by atoms with E-state index in [1.54, 1.807) is 0 Å². The summed E-state index contributed by atoms with van der Waals surface area (Å²) in [5.74, 6) is 0.374. The molecule has 2 amide bonds. The Morgan fingerprint density at radius 1 is 1.04 bits per heavy atom. The number of benzene rings is 2. The first-order valence-electron chi connectivity index (χ1n) is 8.88. The SMILES string of the molecule is Cc1cccc(NC(=O)CSCC(=O)NCCc2c[nH]c3ccccc23)c1. The third-order valence-corrected chi connectivity index (χ3v) is 5.09. The van der Waals surface area contributed by atoms with Crippen molar-refractivity contribution in [3.63, 3.8) is 0 Å². The summed E-state index contributed by atoms with van der Waals surface area (Å²) in [6.45, 7) is 2.56. The number of fused-ring (bicyclic) bond motifs is 1. The summed E-state index contributed by atoms with van der Waals surface area (Å²) in [5.41, 5.74) is 4.17. The van der Waals surface area contributed by atoms with Crippen LogP contribution >= 0.6 is 11.8 Å². The molecule has 3 rings (SSSR count). The molecule has 140 valence electrons. The number of aromatic amines is 1. The Kier molecular flexibility index (Phi) is 6.54. The first-order chi connectivity index (χ1) is 13.1. The van der Waals surface area contributed by atoms with Gasteiger partial charge in [-0.15, -0.1) is 11.8 Å². The highest BCUT2D eigenvalue weighted by Gasteiger charge is 2.07. The van der Waals surface area contributed by atoms with E-state index in [0.29, 0.717) is 6.54 Å². The van der Waals surface area contributed by atoms with E-state index in [9.17, 15) is 9.59 Å². The molecule has 6 heteroatoms. The number of hydrogen-bond donors (Lipinski definition) is 3. The number of amides is 2. The summed E-state index contributed by atoms with van der Waals surface area (Å²) in [5, 5.41) is 6.94. The van der Waals surface area contributed by atoms with Gasteiger partial charge in [0.2, 0.25) is 11.8 Å². The summed E-state index contributed by atoms with van der Waals surface area (Å²) >= 11 is 1.31. The smallest absolute Gasteiger partial charge is 0.234 e. The molecule has 0 unspecified atom stereocenters. The number of rotatable bonds is 8. The fourth-order valence-electron chi connectivity index (χ4n) is 2.88. The normalized spacial score (nSPS) is 10.7. The molecular formula is C21H23N3O2S. The zero-order valence-electron chi connectivity index (χ0n) is 15.2. The summed E-state index contributed by atoms with van der Waals surface area (Å²) in [6.07, 6.45) is 2.76. The Balaban J connectivity index is 1.34. The van der Waals surface area contributed by atoms with Gasteiger partial charge in [-0.2, -0.15) is 0 Å². The van der Waals surface area contributed by atoms with Crippen LogP contribution in [0, 0.1) is 6.92 Å². The van der Waals surface area contributed by atoms with Gasteiger partial charge in [0.05, 0.1) is 11.5 Å². The van der Waals surface area contributed by atoms with E-state index in [-0.39, 0.29) is 23.3 Å². The lowest BCUT2D eigenvalue weighted by atomic mass is 10.1. The van der Waals surface area contributed by atoms with E-state index in [4.69, 9.17) is 0 Å². The Morgan fingerprint density at radius 2 is 1.85 bits per heavy atom. The Labute approximate surface area is 162 Å². The monoisotopic (exact) mass is 381 g/mol. The quantitative estimate of drug-likeness (QED) is 0.559. The van der Waals surface area contributed by atoms with Gasteiger partial charge < -0.3 is 15.6 Å². The van der Waals surface area contributed by atoms with Crippen molar-refractivity contribution in [3.05, 3.63) is 65.9 Å². The number of nitrogens with one attached hydrogen (secondary N) is 3. The predicted molar refractivity (Wildman–Crippen MR) is 112 cm³/mol. The van der Waals surface area contributed by atoms with Gasteiger partial charge in [-0.1, -0.05) is 30.3 Å². The predicted octanol–water partition coefficient (Wildman–Crippen LogP) is 3.51. The van der Waals surface area contributed by atoms with Crippen molar-refractivity contribution in [1.29, 1.82) is 0 Å². The maximum absolute atomic E-state index is 11.9. The van der Waals surface area contributed by atoms with E-state index < -0.39 is 0 Å². The van der Waals surface area contributed by atoms with Crippen LogP contribution in [-0.4, -0.2) is 34.8 Å². The summed E-state index contributed by atoms with van der Waals surface area (Å²) in [7, 11) is 0. The Hall–Kier alpha value is -2.73. The van der Waals surface area contributed by atoms with Crippen molar-refractivity contribution >= 4 is 40.2 Å². The molecular weight excluding hydrogens is 358 g/mol. The third kappa shape index (κ3) is 5.62. The molecule has 0 aliphatic rings. The average molecular weight is 382 g/mol. The van der Waals surface area contributed by atoms with Crippen molar-refractivity contribution in [3.8, 4) is 0 Å². The second-order valence-corrected chi connectivity index (χ2v) is 7.36. The Bertz CT molecular complexity index is 936. The maximum atomic E-state index is 11.9. The number of anilines is 1. The maximum Gasteiger partial charge on any atom is 0.234 e. The minimum absolute atomic E-state index is 0.0526. The van der Waals surface area contributed by atoms with Crippen molar-refractivity contribution in [1.82, 2.24) is 10.3 Å². The molecule has 0 saturated carbocycles. The second kappa shape index (κ2) is 9.28. The largest absolute Gasteiger partial charge is 0.361 e. The zero-order valence-corrected chi connectivity index (χ0v) is 16.1. The molecule has 0 aliphatic heterocycles. The lowest BCUT2D eigenvalue weighted by Crippen LogP contribution is -2.28. The van der Waals surface area contributed by atoms with Gasteiger partial charge in [-0.05, 0) is 42.7 Å². The zero-order chi connectivity index (χ0) is 19.1. The number of carbonyl (C=O) groups excluding carboxylic acids is 2. The van der Waals surface area contributed by atoms with Crippen LogP contribution in [0.1, 0.15) is 11.1 Å². The van der Waals surface area contributed by atoms with Crippen LogP contribution in [0.3, 0.4) is 0 Å². The molecule has 0 saturated heterocycles. The second-order valence-electron chi connectivity index (χ2n) is 6.37. The molecule has 1 heterocycles. The van der Waals surface area contributed by atoms with Gasteiger partial charge in [-0.25, -0.2) is 0 Å². The number of thioether (sulfide) groups is 1. The molecule has 3 aromatic rings. The van der Waals surface area contributed by atoms with Crippen LogP contribution in [-0.2, 0) is 16.0 Å². The lowest BCUT2D eigenvalue weighted by molar-refractivity contribution is -0.118. The number of H-pyrrole nitrogens is 1. The van der Waals surface area contributed by atoms with Crippen LogP contribution in [0.5, 0.6) is 0 Å². The molecule has 0 atom stereocenters. The highest BCUT2D eigenvalue weighted by atomic mass is 32.2. The van der Waals surface area contributed by atoms with E-state index >= 15 is 0 Å². The minimum Gasteiger partial charge on any atom is -0.361 e. The molecule has 5 nitrogen and oxygen atoms in total. The first kappa shape index (κ1) is 19.0. The first-order valence-corrected chi connectivity index (χ1v) is 10.0. The van der Waals surface area contributed by atoms with Crippen LogP contribution in [0.2, 0.25) is 0 Å². The number of carbonyl (C=O) groups is 2. The van der Waals surface area contributed by atoms with Gasteiger partial charge in [0.1, 0.15) is 0 Å². The minimum atomic E-state index is -0.0998. The highest BCUT2D eigenvalue weighted by Crippen LogP contribution is 2.17. The average Bonchev–Trinajstić information content (AvgIpc) is 3.05. The summed E-state index contributed by atoms with van der Waals surface area (Å²) < 4.78 is 0. The fourth-order valence-corrected chi connectivity index (χ4v) is 3.53. The molecule has 3 N–H and O–H groups in total.